The molecular weight excluding hydrogens is 422 g/mol. The smallest absolute Gasteiger partial charge is 0.262 e. The lowest BCUT2D eigenvalue weighted by molar-refractivity contribution is -0.118. The number of hydrogen-bond donors (Lipinski definition) is 1. The number of aromatic nitrogens is 4. The van der Waals surface area contributed by atoms with Gasteiger partial charge in [-0.25, -0.2) is 15.0 Å². The lowest BCUT2D eigenvalue weighted by Gasteiger charge is -2.10. The summed E-state index contributed by atoms with van der Waals surface area (Å²) in [5, 5.41) is 2.78. The van der Waals surface area contributed by atoms with E-state index >= 15 is 0 Å². The summed E-state index contributed by atoms with van der Waals surface area (Å²) in [4.78, 5) is 24.9. The molecule has 4 rings (SSSR count). The molecule has 0 unspecified atom stereocenters. The first-order chi connectivity index (χ1) is 16.0. The lowest BCUT2D eigenvalue weighted by Crippen LogP contribution is -2.20. The van der Waals surface area contributed by atoms with Crippen molar-refractivity contribution in [2.45, 2.75) is 13.8 Å². The average molecular weight is 445 g/mol. The highest BCUT2D eigenvalue weighted by molar-refractivity contribution is 5.91. The molecule has 0 saturated heterocycles. The standard InChI is InChI=1S/C24H23N5O4/c1-16-17(2)29(15-27-16)22-12-24(26-14-25-22)33-19-9-7-18(8-10-19)28-23(30)13-32-21-6-4-5-20(11-21)31-3/h4-12,14-15H,13H2,1-3H3,(H,28,30). The number of ether oxygens (including phenoxy) is 3. The summed E-state index contributed by atoms with van der Waals surface area (Å²) in [5.41, 5.74) is 2.55. The van der Waals surface area contributed by atoms with Crippen molar-refractivity contribution in [3.8, 4) is 28.9 Å². The molecule has 1 amide bonds. The number of carbonyl (C=O) groups excluding carboxylic acids is 1. The Bertz CT molecular complexity index is 1250. The Kier molecular flexibility index (Phi) is 6.49. The minimum absolute atomic E-state index is 0.123. The predicted octanol–water partition coefficient (Wildman–Crippen LogP) is 4.10. The zero-order valence-electron chi connectivity index (χ0n) is 18.5. The number of carbonyl (C=O) groups is 1. The molecule has 2 heterocycles. The number of nitrogens with one attached hydrogen (secondary N) is 1. The Labute approximate surface area is 191 Å². The zero-order valence-corrected chi connectivity index (χ0v) is 18.5. The van der Waals surface area contributed by atoms with Crippen LogP contribution in [0.5, 0.6) is 23.1 Å². The summed E-state index contributed by atoms with van der Waals surface area (Å²) in [5.74, 6) is 2.57. The molecular formula is C24H23N5O4. The van der Waals surface area contributed by atoms with Crippen molar-refractivity contribution in [1.82, 2.24) is 19.5 Å². The van der Waals surface area contributed by atoms with Gasteiger partial charge in [-0.3, -0.25) is 9.36 Å². The Morgan fingerprint density at radius 2 is 1.76 bits per heavy atom. The van der Waals surface area contributed by atoms with Gasteiger partial charge >= 0.3 is 0 Å². The number of imidazole rings is 1. The molecule has 0 fully saturated rings. The van der Waals surface area contributed by atoms with E-state index in [-0.39, 0.29) is 12.5 Å². The van der Waals surface area contributed by atoms with Crippen LogP contribution in [0.4, 0.5) is 5.69 Å². The Morgan fingerprint density at radius 3 is 2.48 bits per heavy atom. The topological polar surface area (TPSA) is 100 Å². The molecule has 9 nitrogen and oxygen atoms in total. The van der Waals surface area contributed by atoms with Crippen molar-refractivity contribution >= 4 is 11.6 Å². The molecule has 0 aliphatic heterocycles. The van der Waals surface area contributed by atoms with Crippen LogP contribution in [0.15, 0.2) is 67.3 Å². The molecule has 2 aromatic heterocycles. The van der Waals surface area contributed by atoms with Crippen LogP contribution < -0.4 is 19.5 Å². The second kappa shape index (κ2) is 9.82. The van der Waals surface area contributed by atoms with Gasteiger partial charge in [0, 0.05) is 23.5 Å². The van der Waals surface area contributed by atoms with Crippen molar-refractivity contribution in [3.63, 3.8) is 0 Å². The summed E-state index contributed by atoms with van der Waals surface area (Å²) in [6.07, 6.45) is 3.16. The van der Waals surface area contributed by atoms with Crippen molar-refractivity contribution in [2.24, 2.45) is 0 Å². The number of rotatable bonds is 8. The molecule has 0 bridgehead atoms. The average Bonchev–Trinajstić information content (AvgIpc) is 3.17. The third kappa shape index (κ3) is 5.45. The third-order valence-electron chi connectivity index (χ3n) is 4.90. The van der Waals surface area contributed by atoms with E-state index in [1.165, 1.54) is 6.33 Å². The van der Waals surface area contributed by atoms with E-state index in [4.69, 9.17) is 14.2 Å². The maximum atomic E-state index is 12.2. The number of anilines is 1. The molecule has 0 spiro atoms. The first kappa shape index (κ1) is 21.8. The molecule has 0 aliphatic rings. The molecule has 0 saturated carbocycles. The second-order valence-electron chi connectivity index (χ2n) is 7.14. The Morgan fingerprint density at radius 1 is 0.970 bits per heavy atom. The fourth-order valence-corrected chi connectivity index (χ4v) is 3.01. The summed E-state index contributed by atoms with van der Waals surface area (Å²) in [7, 11) is 1.57. The minimum atomic E-state index is -0.280. The molecule has 0 radical (unpaired) electrons. The fraction of sp³-hybridized carbons (Fsp3) is 0.167. The summed E-state index contributed by atoms with van der Waals surface area (Å²) in [6, 6.07) is 15.8. The van der Waals surface area contributed by atoms with Crippen molar-refractivity contribution in [1.29, 1.82) is 0 Å². The zero-order chi connectivity index (χ0) is 23.2. The fourth-order valence-electron chi connectivity index (χ4n) is 3.01. The van der Waals surface area contributed by atoms with Crippen LogP contribution >= 0.6 is 0 Å². The van der Waals surface area contributed by atoms with Gasteiger partial charge in [0.25, 0.3) is 5.91 Å². The van der Waals surface area contributed by atoms with Gasteiger partial charge in [0.05, 0.1) is 12.8 Å². The molecule has 168 valence electrons. The van der Waals surface area contributed by atoms with E-state index in [0.29, 0.717) is 34.6 Å². The maximum absolute atomic E-state index is 12.2. The van der Waals surface area contributed by atoms with Crippen LogP contribution in [-0.4, -0.2) is 39.1 Å². The van der Waals surface area contributed by atoms with Crippen molar-refractivity contribution in [2.75, 3.05) is 19.0 Å². The van der Waals surface area contributed by atoms with E-state index in [1.807, 2.05) is 18.4 Å². The number of amides is 1. The molecule has 2 aromatic carbocycles. The number of benzene rings is 2. The SMILES string of the molecule is COc1cccc(OCC(=O)Nc2ccc(Oc3cc(-n4cnc(C)c4C)ncn3)cc2)c1. The van der Waals surface area contributed by atoms with Crippen molar-refractivity contribution in [3.05, 3.63) is 78.6 Å². The predicted molar refractivity (Wildman–Crippen MR) is 122 cm³/mol. The van der Waals surface area contributed by atoms with Gasteiger partial charge in [-0.2, -0.15) is 0 Å². The van der Waals surface area contributed by atoms with Gasteiger partial charge in [0.1, 0.15) is 35.7 Å². The summed E-state index contributed by atoms with van der Waals surface area (Å²) < 4.78 is 18.4. The second-order valence-corrected chi connectivity index (χ2v) is 7.14. The molecule has 1 N–H and O–H groups in total. The number of methoxy groups -OCH3 is 1. The largest absolute Gasteiger partial charge is 0.497 e. The molecule has 4 aromatic rings. The Hall–Kier alpha value is -4.40. The van der Waals surface area contributed by atoms with Crippen LogP contribution in [0.3, 0.4) is 0 Å². The lowest BCUT2D eigenvalue weighted by atomic mass is 10.3. The number of hydrogen-bond acceptors (Lipinski definition) is 7. The van der Waals surface area contributed by atoms with Gasteiger partial charge in [-0.05, 0) is 50.2 Å². The van der Waals surface area contributed by atoms with Crippen LogP contribution in [0.1, 0.15) is 11.4 Å². The highest BCUT2D eigenvalue weighted by Crippen LogP contribution is 2.23. The molecule has 0 atom stereocenters. The first-order valence-electron chi connectivity index (χ1n) is 10.2. The van der Waals surface area contributed by atoms with E-state index in [2.05, 4.69) is 20.3 Å². The monoisotopic (exact) mass is 445 g/mol. The number of aryl methyl sites for hydroxylation is 1. The number of nitrogens with zero attached hydrogens (tertiary/aromatic N) is 4. The van der Waals surface area contributed by atoms with Crippen LogP contribution in [0.2, 0.25) is 0 Å². The van der Waals surface area contributed by atoms with E-state index in [1.54, 1.807) is 68.0 Å². The highest BCUT2D eigenvalue weighted by atomic mass is 16.5. The van der Waals surface area contributed by atoms with Crippen molar-refractivity contribution < 1.29 is 19.0 Å². The summed E-state index contributed by atoms with van der Waals surface area (Å²) in [6.45, 7) is 3.79. The maximum Gasteiger partial charge on any atom is 0.262 e. The van der Waals surface area contributed by atoms with Gasteiger partial charge in [0.15, 0.2) is 6.61 Å². The molecule has 33 heavy (non-hydrogen) atoms. The van der Waals surface area contributed by atoms with Crippen LogP contribution in [0.25, 0.3) is 5.82 Å². The molecule has 9 heteroatoms. The van der Waals surface area contributed by atoms with E-state index in [0.717, 1.165) is 11.4 Å². The van der Waals surface area contributed by atoms with Gasteiger partial charge in [0.2, 0.25) is 5.88 Å². The highest BCUT2D eigenvalue weighted by Gasteiger charge is 2.09. The van der Waals surface area contributed by atoms with E-state index in [9.17, 15) is 4.79 Å². The van der Waals surface area contributed by atoms with E-state index < -0.39 is 0 Å². The third-order valence-corrected chi connectivity index (χ3v) is 4.90. The summed E-state index contributed by atoms with van der Waals surface area (Å²) >= 11 is 0. The normalized spacial score (nSPS) is 10.5. The van der Waals surface area contributed by atoms with Gasteiger partial charge in [-0.1, -0.05) is 6.07 Å². The molecule has 0 aliphatic carbocycles. The quantitative estimate of drug-likeness (QED) is 0.436. The minimum Gasteiger partial charge on any atom is -0.497 e. The van der Waals surface area contributed by atoms with Crippen LogP contribution in [-0.2, 0) is 4.79 Å². The van der Waals surface area contributed by atoms with Gasteiger partial charge in [-0.15, -0.1) is 0 Å². The first-order valence-corrected chi connectivity index (χ1v) is 10.2. The van der Waals surface area contributed by atoms with Gasteiger partial charge < -0.3 is 19.5 Å². The Balaban J connectivity index is 1.34. The van der Waals surface area contributed by atoms with Crippen LogP contribution in [0, 0.1) is 13.8 Å².